The van der Waals surface area contributed by atoms with Gasteiger partial charge < -0.3 is 5.11 Å². The number of hydrogen-bond donors (Lipinski definition) is 2. The predicted molar refractivity (Wildman–Crippen MR) is 53.5 cm³/mol. The molecule has 0 fully saturated rings. The van der Waals surface area contributed by atoms with Crippen LogP contribution in [0.25, 0.3) is 0 Å². The van der Waals surface area contributed by atoms with Crippen LogP contribution in [0, 0.1) is 0 Å². The highest BCUT2D eigenvalue weighted by atomic mass is 32.2. The smallest absolute Gasteiger partial charge is 0.304 e. The van der Waals surface area contributed by atoms with Gasteiger partial charge in [-0.05, 0) is 20.3 Å². The zero-order valence-electron chi connectivity index (χ0n) is 8.65. The number of carboxylic acids is 1. The van der Waals surface area contributed by atoms with E-state index in [-0.39, 0.29) is 6.42 Å². The molecule has 0 aliphatic rings. The lowest BCUT2D eigenvalue weighted by Gasteiger charge is -2.16. The molecule has 0 spiro atoms. The highest BCUT2D eigenvalue weighted by Crippen LogP contribution is 2.04. The minimum atomic E-state index is -3.37. The van der Waals surface area contributed by atoms with Gasteiger partial charge in [0.15, 0.2) is 0 Å². The molecule has 2 N–H and O–H groups in total. The summed E-state index contributed by atoms with van der Waals surface area (Å²) in [6.07, 6.45) is 0.292. The van der Waals surface area contributed by atoms with E-state index in [2.05, 4.69) is 4.72 Å². The second kappa shape index (κ2) is 5.31. The number of carboxylic acid groups (broad SMARTS) is 1. The van der Waals surface area contributed by atoms with Crippen LogP contribution in [0.2, 0.25) is 0 Å². The summed E-state index contributed by atoms with van der Waals surface area (Å²) in [5, 5.41) is 7.98. The quantitative estimate of drug-likeness (QED) is 0.689. The zero-order chi connectivity index (χ0) is 11.4. The van der Waals surface area contributed by atoms with Gasteiger partial charge in [0, 0.05) is 6.04 Å². The van der Waals surface area contributed by atoms with Gasteiger partial charge in [0.1, 0.15) is 0 Å². The Morgan fingerprint density at radius 2 is 1.93 bits per heavy atom. The molecule has 5 nitrogen and oxygen atoms in total. The van der Waals surface area contributed by atoms with Gasteiger partial charge >= 0.3 is 5.97 Å². The normalized spacial score (nSPS) is 14.3. The maximum atomic E-state index is 11.4. The molecule has 0 heterocycles. The first-order valence-electron chi connectivity index (χ1n) is 4.52. The van der Waals surface area contributed by atoms with E-state index in [1.54, 1.807) is 20.8 Å². The Labute approximate surface area is 84.6 Å². The fraction of sp³-hybridized carbons (Fsp3) is 0.875. The third-order valence-electron chi connectivity index (χ3n) is 1.87. The van der Waals surface area contributed by atoms with Crippen molar-refractivity contribution in [2.24, 2.45) is 0 Å². The average molecular weight is 223 g/mol. The molecule has 0 radical (unpaired) electrons. The lowest BCUT2D eigenvalue weighted by molar-refractivity contribution is -0.137. The number of hydrogen-bond acceptors (Lipinski definition) is 3. The molecule has 0 bridgehead atoms. The van der Waals surface area contributed by atoms with E-state index in [1.165, 1.54) is 0 Å². The summed E-state index contributed by atoms with van der Waals surface area (Å²) in [6, 6.07) is -0.514. The molecule has 84 valence electrons. The average Bonchev–Trinajstić information content (AvgIpc) is 2.01. The summed E-state index contributed by atoms with van der Waals surface area (Å²) >= 11 is 0. The molecular weight excluding hydrogens is 206 g/mol. The highest BCUT2D eigenvalue weighted by molar-refractivity contribution is 7.90. The first-order valence-corrected chi connectivity index (χ1v) is 6.07. The monoisotopic (exact) mass is 223 g/mol. The van der Waals surface area contributed by atoms with Gasteiger partial charge in [-0.25, -0.2) is 13.1 Å². The van der Waals surface area contributed by atoms with Crippen molar-refractivity contribution < 1.29 is 18.3 Å². The highest BCUT2D eigenvalue weighted by Gasteiger charge is 2.21. The summed E-state index contributed by atoms with van der Waals surface area (Å²) < 4.78 is 25.1. The van der Waals surface area contributed by atoms with E-state index < -0.39 is 27.3 Å². The van der Waals surface area contributed by atoms with Crippen LogP contribution in [0.3, 0.4) is 0 Å². The third kappa shape index (κ3) is 4.57. The minimum Gasteiger partial charge on any atom is -0.481 e. The molecule has 14 heavy (non-hydrogen) atoms. The van der Waals surface area contributed by atoms with Crippen LogP contribution >= 0.6 is 0 Å². The van der Waals surface area contributed by atoms with Gasteiger partial charge in [-0.2, -0.15) is 0 Å². The Kier molecular flexibility index (Phi) is 5.07. The van der Waals surface area contributed by atoms with Crippen molar-refractivity contribution in [1.82, 2.24) is 4.72 Å². The minimum absolute atomic E-state index is 0.178. The molecule has 0 aromatic carbocycles. The molecule has 0 saturated carbocycles. The Bertz CT molecular complexity index is 284. The lowest BCUT2D eigenvalue weighted by atomic mass is 10.2. The third-order valence-corrected chi connectivity index (χ3v) is 3.77. The molecule has 6 heteroatoms. The fourth-order valence-corrected chi connectivity index (χ4v) is 1.84. The Morgan fingerprint density at radius 3 is 2.21 bits per heavy atom. The van der Waals surface area contributed by atoms with Crippen LogP contribution in [0.5, 0.6) is 0 Å². The molecule has 1 atom stereocenters. The van der Waals surface area contributed by atoms with Crippen molar-refractivity contribution in [3.8, 4) is 0 Å². The fourth-order valence-electron chi connectivity index (χ4n) is 0.849. The molecule has 0 amide bonds. The largest absolute Gasteiger partial charge is 0.481 e. The van der Waals surface area contributed by atoms with Crippen LogP contribution in [0.4, 0.5) is 0 Å². The van der Waals surface area contributed by atoms with Crippen molar-refractivity contribution >= 4 is 16.0 Å². The van der Waals surface area contributed by atoms with Gasteiger partial charge in [-0.1, -0.05) is 6.92 Å². The molecule has 1 unspecified atom stereocenters. The zero-order valence-corrected chi connectivity index (χ0v) is 9.47. The first kappa shape index (κ1) is 13.4. The number of nitrogens with one attached hydrogen (secondary N) is 1. The van der Waals surface area contributed by atoms with Crippen molar-refractivity contribution in [1.29, 1.82) is 0 Å². The maximum Gasteiger partial charge on any atom is 0.304 e. The molecule has 0 aliphatic carbocycles. The van der Waals surface area contributed by atoms with Gasteiger partial charge in [0.25, 0.3) is 0 Å². The van der Waals surface area contributed by atoms with Gasteiger partial charge in [-0.15, -0.1) is 0 Å². The van der Waals surface area contributed by atoms with Crippen molar-refractivity contribution in [3.05, 3.63) is 0 Å². The first-order chi connectivity index (χ1) is 6.29. The molecule has 0 saturated heterocycles. The number of rotatable bonds is 6. The van der Waals surface area contributed by atoms with Crippen LogP contribution in [0.1, 0.15) is 33.6 Å². The van der Waals surface area contributed by atoms with E-state index in [0.717, 1.165) is 0 Å². The van der Waals surface area contributed by atoms with Crippen molar-refractivity contribution in [2.45, 2.75) is 44.9 Å². The van der Waals surface area contributed by atoms with E-state index in [9.17, 15) is 13.2 Å². The number of sulfonamides is 1. The van der Waals surface area contributed by atoms with E-state index >= 15 is 0 Å². The maximum absolute atomic E-state index is 11.4. The van der Waals surface area contributed by atoms with Crippen LogP contribution in [0.15, 0.2) is 0 Å². The van der Waals surface area contributed by atoms with Crippen molar-refractivity contribution in [3.63, 3.8) is 0 Å². The van der Waals surface area contributed by atoms with E-state index in [1.807, 2.05) is 0 Å². The molecule has 0 aromatic rings. The second-order valence-corrected chi connectivity index (χ2v) is 5.68. The second-order valence-electron chi connectivity index (χ2n) is 3.41. The Balaban J connectivity index is 4.39. The Morgan fingerprint density at radius 1 is 1.43 bits per heavy atom. The molecular formula is C8H17NO4S. The van der Waals surface area contributed by atoms with Gasteiger partial charge in [0.05, 0.1) is 11.7 Å². The summed E-state index contributed by atoms with van der Waals surface area (Å²) in [5.74, 6) is -0.997. The van der Waals surface area contributed by atoms with E-state index in [0.29, 0.717) is 6.42 Å². The van der Waals surface area contributed by atoms with E-state index in [4.69, 9.17) is 5.11 Å². The topological polar surface area (TPSA) is 83.5 Å². The molecule has 0 aromatic heterocycles. The summed E-state index contributed by atoms with van der Waals surface area (Å²) in [5.41, 5.74) is 0. The van der Waals surface area contributed by atoms with Crippen LogP contribution in [-0.2, 0) is 14.8 Å². The van der Waals surface area contributed by atoms with Crippen molar-refractivity contribution in [2.75, 3.05) is 0 Å². The lowest BCUT2D eigenvalue weighted by Crippen LogP contribution is -2.39. The van der Waals surface area contributed by atoms with Gasteiger partial charge in [-0.3, -0.25) is 4.79 Å². The van der Waals surface area contributed by atoms with Crippen LogP contribution < -0.4 is 4.72 Å². The predicted octanol–water partition coefficient (Wildman–Crippen LogP) is 0.568. The number of aliphatic carboxylic acids is 1. The number of carbonyl (C=O) groups is 1. The Hall–Kier alpha value is -0.620. The summed E-state index contributed by atoms with van der Waals surface area (Å²) in [7, 11) is -3.37. The van der Waals surface area contributed by atoms with Gasteiger partial charge in [0.2, 0.25) is 10.0 Å². The molecule has 0 rings (SSSR count). The SMILES string of the molecule is CCC(CC(=O)O)NS(=O)(=O)C(C)C. The standard InChI is InChI=1S/C8H17NO4S/c1-4-7(5-8(10)11)9-14(12,13)6(2)3/h6-7,9H,4-5H2,1-3H3,(H,10,11). The molecule has 0 aliphatic heterocycles. The summed E-state index contributed by atoms with van der Waals surface area (Å²) in [6.45, 7) is 4.85. The van der Waals surface area contributed by atoms with Crippen LogP contribution in [-0.4, -0.2) is 30.8 Å². The summed E-state index contributed by atoms with van der Waals surface area (Å²) in [4.78, 5) is 10.4.